The standard InChI is InChI=1S/C19H26N4O2S/c1-13(2)11-20-19(25)22-17(24)12-23-9-7-14(8-10-23)18-21-15-5-3-4-6-16(15)26-18/h3-6,13-14H,7-12H2,1-2H3,(H2,20,22,24,25). The topological polar surface area (TPSA) is 74.3 Å². The number of carbonyl (C=O) groups is 2. The first-order chi connectivity index (χ1) is 12.5. The van der Waals surface area contributed by atoms with Crippen LogP contribution in [0.5, 0.6) is 0 Å². The molecule has 7 heteroatoms. The molecule has 2 aromatic rings. The number of hydrogen-bond donors (Lipinski definition) is 2. The molecule has 1 aliphatic rings. The van der Waals surface area contributed by atoms with Crippen molar-refractivity contribution in [2.24, 2.45) is 5.92 Å². The number of para-hydroxylation sites is 1. The molecule has 1 saturated heterocycles. The van der Waals surface area contributed by atoms with Gasteiger partial charge in [-0.1, -0.05) is 26.0 Å². The number of nitrogens with zero attached hydrogens (tertiary/aromatic N) is 2. The second-order valence-electron chi connectivity index (χ2n) is 7.22. The summed E-state index contributed by atoms with van der Waals surface area (Å²) in [6.45, 7) is 6.55. The van der Waals surface area contributed by atoms with Gasteiger partial charge in [0.2, 0.25) is 5.91 Å². The third-order valence-corrected chi connectivity index (χ3v) is 5.74. The molecule has 0 saturated carbocycles. The summed E-state index contributed by atoms with van der Waals surface area (Å²) in [4.78, 5) is 30.5. The first kappa shape index (κ1) is 18.8. The zero-order valence-corrected chi connectivity index (χ0v) is 16.1. The van der Waals surface area contributed by atoms with Crippen LogP contribution in [-0.2, 0) is 4.79 Å². The Labute approximate surface area is 158 Å². The average molecular weight is 375 g/mol. The number of thiazole rings is 1. The molecule has 1 aromatic carbocycles. The molecule has 3 amide bonds. The van der Waals surface area contributed by atoms with Crippen molar-refractivity contribution in [3.05, 3.63) is 29.3 Å². The molecule has 2 heterocycles. The number of nitrogens with one attached hydrogen (secondary N) is 2. The second-order valence-corrected chi connectivity index (χ2v) is 8.28. The Hall–Kier alpha value is -1.99. The SMILES string of the molecule is CC(C)CNC(=O)NC(=O)CN1CCC(c2nc3ccccc3s2)CC1. The maximum atomic E-state index is 12.0. The Bertz CT molecular complexity index is 733. The predicted octanol–water partition coefficient (Wildman–Crippen LogP) is 2.96. The summed E-state index contributed by atoms with van der Waals surface area (Å²) in [6, 6.07) is 7.82. The van der Waals surface area contributed by atoms with Crippen molar-refractivity contribution in [3.63, 3.8) is 0 Å². The molecular formula is C19H26N4O2S. The Balaban J connectivity index is 1.44. The molecule has 6 nitrogen and oxygen atoms in total. The number of benzene rings is 1. The van der Waals surface area contributed by atoms with Gasteiger partial charge < -0.3 is 5.32 Å². The minimum absolute atomic E-state index is 0.246. The number of aromatic nitrogens is 1. The minimum atomic E-state index is -0.409. The van der Waals surface area contributed by atoms with Crippen LogP contribution in [0, 0.1) is 5.92 Å². The van der Waals surface area contributed by atoms with E-state index < -0.39 is 6.03 Å². The van der Waals surface area contributed by atoms with Crippen LogP contribution in [0.2, 0.25) is 0 Å². The van der Waals surface area contributed by atoms with E-state index in [1.54, 1.807) is 11.3 Å². The Kier molecular flexibility index (Phi) is 6.21. The smallest absolute Gasteiger partial charge is 0.321 e. The van der Waals surface area contributed by atoms with E-state index in [1.807, 2.05) is 26.0 Å². The van der Waals surface area contributed by atoms with Crippen molar-refractivity contribution in [2.45, 2.75) is 32.6 Å². The van der Waals surface area contributed by atoms with Crippen molar-refractivity contribution < 1.29 is 9.59 Å². The van der Waals surface area contributed by atoms with Crippen LogP contribution >= 0.6 is 11.3 Å². The maximum Gasteiger partial charge on any atom is 0.321 e. The number of urea groups is 1. The molecule has 1 aliphatic heterocycles. The Morgan fingerprint density at radius 2 is 2.00 bits per heavy atom. The van der Waals surface area contributed by atoms with Crippen LogP contribution < -0.4 is 10.6 Å². The van der Waals surface area contributed by atoms with Gasteiger partial charge in [-0.3, -0.25) is 15.0 Å². The number of likely N-dealkylation sites (tertiary alicyclic amines) is 1. The maximum absolute atomic E-state index is 12.0. The van der Waals surface area contributed by atoms with Gasteiger partial charge in [0.05, 0.1) is 21.8 Å². The first-order valence-corrected chi connectivity index (χ1v) is 9.98. The molecule has 140 valence electrons. The Morgan fingerprint density at radius 1 is 1.27 bits per heavy atom. The molecule has 1 aromatic heterocycles. The zero-order chi connectivity index (χ0) is 18.5. The van der Waals surface area contributed by atoms with Gasteiger partial charge in [-0.2, -0.15) is 0 Å². The molecule has 26 heavy (non-hydrogen) atoms. The van der Waals surface area contributed by atoms with Gasteiger partial charge in [0, 0.05) is 12.5 Å². The normalized spacial score (nSPS) is 16.1. The van der Waals surface area contributed by atoms with Gasteiger partial charge >= 0.3 is 6.03 Å². The highest BCUT2D eigenvalue weighted by atomic mass is 32.1. The quantitative estimate of drug-likeness (QED) is 0.844. The van der Waals surface area contributed by atoms with E-state index in [0.29, 0.717) is 18.4 Å². The zero-order valence-electron chi connectivity index (χ0n) is 15.3. The van der Waals surface area contributed by atoms with Crippen LogP contribution in [0.4, 0.5) is 4.79 Å². The lowest BCUT2D eigenvalue weighted by atomic mass is 9.97. The fraction of sp³-hybridized carbons (Fsp3) is 0.526. The van der Waals surface area contributed by atoms with Gasteiger partial charge in [-0.15, -0.1) is 11.3 Å². The number of piperidine rings is 1. The van der Waals surface area contributed by atoms with Crippen LogP contribution in [0.25, 0.3) is 10.2 Å². The van der Waals surface area contributed by atoms with Gasteiger partial charge in [-0.05, 0) is 44.0 Å². The molecule has 0 bridgehead atoms. The lowest BCUT2D eigenvalue weighted by Gasteiger charge is -2.30. The van der Waals surface area contributed by atoms with E-state index in [2.05, 4.69) is 27.7 Å². The summed E-state index contributed by atoms with van der Waals surface area (Å²) in [6.07, 6.45) is 1.99. The second kappa shape index (κ2) is 8.60. The fourth-order valence-electron chi connectivity index (χ4n) is 3.11. The predicted molar refractivity (Wildman–Crippen MR) is 104 cm³/mol. The molecule has 0 unspecified atom stereocenters. The molecule has 0 spiro atoms. The van der Waals surface area contributed by atoms with E-state index in [1.165, 1.54) is 9.71 Å². The van der Waals surface area contributed by atoms with E-state index in [0.717, 1.165) is 31.4 Å². The summed E-state index contributed by atoms with van der Waals surface area (Å²) in [7, 11) is 0. The van der Waals surface area contributed by atoms with E-state index in [4.69, 9.17) is 4.98 Å². The van der Waals surface area contributed by atoms with Gasteiger partial charge in [0.15, 0.2) is 0 Å². The fourth-order valence-corrected chi connectivity index (χ4v) is 4.25. The highest BCUT2D eigenvalue weighted by molar-refractivity contribution is 7.18. The molecule has 3 rings (SSSR count). The van der Waals surface area contributed by atoms with E-state index in [9.17, 15) is 9.59 Å². The molecule has 0 atom stereocenters. The summed E-state index contributed by atoms with van der Waals surface area (Å²) < 4.78 is 1.23. The third kappa shape index (κ3) is 5.02. The van der Waals surface area contributed by atoms with Crippen molar-refractivity contribution in [2.75, 3.05) is 26.2 Å². The van der Waals surface area contributed by atoms with Crippen molar-refractivity contribution in [1.29, 1.82) is 0 Å². The monoisotopic (exact) mass is 374 g/mol. The lowest BCUT2D eigenvalue weighted by Crippen LogP contribution is -2.46. The van der Waals surface area contributed by atoms with Crippen LogP contribution in [0.15, 0.2) is 24.3 Å². The van der Waals surface area contributed by atoms with E-state index in [-0.39, 0.29) is 12.5 Å². The number of amides is 3. The minimum Gasteiger partial charge on any atom is -0.338 e. The molecule has 0 aliphatic carbocycles. The van der Waals surface area contributed by atoms with Crippen molar-refractivity contribution in [1.82, 2.24) is 20.5 Å². The van der Waals surface area contributed by atoms with Crippen molar-refractivity contribution >= 4 is 33.5 Å². The number of hydrogen-bond acceptors (Lipinski definition) is 5. The largest absolute Gasteiger partial charge is 0.338 e. The molecule has 0 radical (unpaired) electrons. The highest BCUT2D eigenvalue weighted by Gasteiger charge is 2.24. The molecular weight excluding hydrogens is 348 g/mol. The molecule has 2 N–H and O–H groups in total. The first-order valence-electron chi connectivity index (χ1n) is 9.16. The third-order valence-electron chi connectivity index (χ3n) is 4.54. The van der Waals surface area contributed by atoms with Gasteiger partial charge in [0.1, 0.15) is 0 Å². The van der Waals surface area contributed by atoms with Crippen LogP contribution in [0.1, 0.15) is 37.6 Å². The summed E-state index contributed by atoms with van der Waals surface area (Å²) >= 11 is 1.77. The van der Waals surface area contributed by atoms with Gasteiger partial charge in [0.25, 0.3) is 0 Å². The van der Waals surface area contributed by atoms with Crippen LogP contribution in [-0.4, -0.2) is 48.0 Å². The highest BCUT2D eigenvalue weighted by Crippen LogP contribution is 2.33. The number of fused-ring (bicyclic) bond motifs is 1. The van der Waals surface area contributed by atoms with Crippen molar-refractivity contribution in [3.8, 4) is 0 Å². The Morgan fingerprint density at radius 3 is 2.69 bits per heavy atom. The van der Waals surface area contributed by atoms with E-state index >= 15 is 0 Å². The van der Waals surface area contributed by atoms with Gasteiger partial charge in [-0.25, -0.2) is 9.78 Å². The number of carbonyl (C=O) groups excluding carboxylic acids is 2. The summed E-state index contributed by atoms with van der Waals surface area (Å²) in [5, 5.41) is 6.30. The number of imide groups is 1. The molecule has 1 fully saturated rings. The number of rotatable bonds is 5. The average Bonchev–Trinajstić information content (AvgIpc) is 3.04. The summed E-state index contributed by atoms with van der Waals surface area (Å²) in [5.74, 6) is 0.572. The summed E-state index contributed by atoms with van der Waals surface area (Å²) in [5.41, 5.74) is 1.07. The van der Waals surface area contributed by atoms with Crippen LogP contribution in [0.3, 0.4) is 0 Å². The lowest BCUT2D eigenvalue weighted by molar-refractivity contribution is -0.121.